The standard InChI is InChI=1S/C12H22O2.C10H20O.2C6H6.C3H6O/c1-10(2)6-5-7-11(3)8-9-14-12(4)13;1-9(2)5-4-6-10(3)7-8-11;2*1-2-4-6-5-3-1;1-3(2)4/h11H,1,5-9H2,2-4H3;10-11H,1,4-8H2,2-3H3;2*1-6H;1-2H3. The number of hydrogen-bond acceptors (Lipinski definition) is 4. The average Bonchev–Trinajstić information content (AvgIpc) is 2.91. The SMILES string of the molecule is C=C(C)CCCC(C)CCO.C=C(C)CCCC(C)CCOC(C)=O.CC(C)=O.c1ccccc1.c1ccccc1. The average molecular weight is 569 g/mol. The third-order valence-corrected chi connectivity index (χ3v) is 5.47. The first-order valence-corrected chi connectivity index (χ1v) is 14.9. The molecule has 0 fully saturated rings. The second kappa shape index (κ2) is 33.2. The van der Waals surface area contributed by atoms with E-state index in [-0.39, 0.29) is 11.8 Å². The monoisotopic (exact) mass is 568 g/mol. The minimum Gasteiger partial charge on any atom is -0.466 e. The summed E-state index contributed by atoms with van der Waals surface area (Å²) in [6.45, 7) is 21.6. The van der Waals surface area contributed by atoms with E-state index in [2.05, 4.69) is 40.9 Å². The molecule has 0 aromatic heterocycles. The van der Waals surface area contributed by atoms with Crippen molar-refractivity contribution in [3.63, 3.8) is 0 Å². The van der Waals surface area contributed by atoms with E-state index in [9.17, 15) is 9.59 Å². The molecule has 2 aromatic carbocycles. The van der Waals surface area contributed by atoms with Crippen LogP contribution in [0.5, 0.6) is 0 Å². The molecule has 0 aliphatic heterocycles. The minimum absolute atomic E-state index is 0.167. The van der Waals surface area contributed by atoms with Crippen molar-refractivity contribution in [2.24, 2.45) is 11.8 Å². The summed E-state index contributed by atoms with van der Waals surface area (Å²) in [5, 5.41) is 8.63. The topological polar surface area (TPSA) is 63.6 Å². The van der Waals surface area contributed by atoms with E-state index < -0.39 is 0 Å². The number of aliphatic hydroxyl groups excluding tert-OH is 1. The van der Waals surface area contributed by atoms with Gasteiger partial charge in [0.05, 0.1) is 6.61 Å². The van der Waals surface area contributed by atoms with E-state index in [4.69, 9.17) is 9.84 Å². The quantitative estimate of drug-likeness (QED) is 0.193. The minimum atomic E-state index is -0.181. The summed E-state index contributed by atoms with van der Waals surface area (Å²) in [6, 6.07) is 24.0. The van der Waals surface area contributed by atoms with Gasteiger partial charge in [-0.25, -0.2) is 0 Å². The molecule has 0 spiro atoms. The fourth-order valence-corrected chi connectivity index (χ4v) is 3.19. The van der Waals surface area contributed by atoms with Gasteiger partial charge in [-0.05, 0) is 78.1 Å². The van der Waals surface area contributed by atoms with E-state index in [1.54, 1.807) is 0 Å². The Labute approximate surface area is 252 Å². The van der Waals surface area contributed by atoms with Gasteiger partial charge in [0, 0.05) is 13.5 Å². The van der Waals surface area contributed by atoms with Gasteiger partial charge in [0.25, 0.3) is 0 Å². The number of allylic oxidation sites excluding steroid dienone is 2. The normalized spacial score (nSPS) is 10.6. The Bertz CT molecular complexity index is 737. The third-order valence-electron chi connectivity index (χ3n) is 5.47. The van der Waals surface area contributed by atoms with Crippen molar-refractivity contribution in [1.82, 2.24) is 0 Å². The summed E-state index contributed by atoms with van der Waals surface area (Å²) >= 11 is 0. The Kier molecular flexibility index (Phi) is 34.4. The van der Waals surface area contributed by atoms with Gasteiger partial charge in [-0.2, -0.15) is 0 Å². The van der Waals surface area contributed by atoms with Crippen molar-refractivity contribution >= 4 is 11.8 Å². The maximum absolute atomic E-state index is 10.5. The summed E-state index contributed by atoms with van der Waals surface area (Å²) in [5.41, 5.74) is 2.51. The van der Waals surface area contributed by atoms with Crippen molar-refractivity contribution in [2.45, 2.75) is 99.8 Å². The maximum Gasteiger partial charge on any atom is 0.302 e. The highest BCUT2D eigenvalue weighted by molar-refractivity contribution is 5.72. The van der Waals surface area contributed by atoms with Crippen LogP contribution in [0.4, 0.5) is 0 Å². The van der Waals surface area contributed by atoms with Crippen LogP contribution in [0, 0.1) is 11.8 Å². The number of ether oxygens (including phenoxy) is 1. The van der Waals surface area contributed by atoms with Gasteiger partial charge < -0.3 is 14.6 Å². The van der Waals surface area contributed by atoms with Crippen molar-refractivity contribution in [2.75, 3.05) is 13.2 Å². The molecule has 0 aliphatic carbocycles. The molecule has 232 valence electrons. The zero-order valence-electron chi connectivity index (χ0n) is 27.2. The Balaban J connectivity index is -0.000000471. The van der Waals surface area contributed by atoms with Crippen LogP contribution in [-0.2, 0) is 14.3 Å². The molecular formula is C37H60O4. The van der Waals surface area contributed by atoms with Gasteiger partial charge in [0.2, 0.25) is 0 Å². The lowest BCUT2D eigenvalue weighted by molar-refractivity contribution is -0.141. The molecule has 0 saturated carbocycles. The number of rotatable bonds is 13. The van der Waals surface area contributed by atoms with Gasteiger partial charge in [0.1, 0.15) is 5.78 Å². The zero-order valence-corrected chi connectivity index (χ0v) is 27.2. The van der Waals surface area contributed by atoms with Crippen LogP contribution in [0.15, 0.2) is 97.1 Å². The summed E-state index contributed by atoms with van der Waals surface area (Å²) in [4.78, 5) is 19.9. The Morgan fingerprint density at radius 1 is 0.610 bits per heavy atom. The van der Waals surface area contributed by atoms with Crippen molar-refractivity contribution in [3.05, 3.63) is 97.1 Å². The molecule has 2 unspecified atom stereocenters. The summed E-state index contributed by atoms with van der Waals surface area (Å²) < 4.78 is 4.88. The summed E-state index contributed by atoms with van der Waals surface area (Å²) in [7, 11) is 0. The van der Waals surface area contributed by atoms with E-state index in [0.717, 1.165) is 25.7 Å². The summed E-state index contributed by atoms with van der Waals surface area (Å²) in [5.74, 6) is 1.28. The van der Waals surface area contributed by atoms with Crippen LogP contribution >= 0.6 is 0 Å². The van der Waals surface area contributed by atoms with Crippen LogP contribution in [-0.4, -0.2) is 30.1 Å². The molecule has 0 bridgehead atoms. The first kappa shape index (κ1) is 42.5. The lowest BCUT2D eigenvalue weighted by Crippen LogP contribution is -2.05. The van der Waals surface area contributed by atoms with E-state index in [0.29, 0.717) is 25.0 Å². The van der Waals surface area contributed by atoms with E-state index in [1.807, 2.05) is 72.8 Å². The fraction of sp³-hybridized carbons (Fsp3) is 0.514. The molecule has 0 aliphatic rings. The molecule has 2 rings (SSSR count). The molecule has 4 nitrogen and oxygen atoms in total. The third kappa shape index (κ3) is 50.4. The van der Waals surface area contributed by atoms with Crippen LogP contribution in [0.2, 0.25) is 0 Å². The van der Waals surface area contributed by atoms with Gasteiger partial charge in [0.15, 0.2) is 0 Å². The molecular weight excluding hydrogens is 508 g/mol. The number of Topliss-reactive ketones (excluding diaryl/α,β-unsaturated/α-hetero) is 1. The number of ketones is 1. The molecule has 0 amide bonds. The Hall–Kier alpha value is -2.98. The zero-order chi connectivity index (χ0) is 31.7. The van der Waals surface area contributed by atoms with E-state index >= 15 is 0 Å². The summed E-state index contributed by atoms with van der Waals surface area (Å²) in [6.07, 6.45) is 8.97. The lowest BCUT2D eigenvalue weighted by Gasteiger charge is -2.10. The molecule has 4 heteroatoms. The second-order valence-corrected chi connectivity index (χ2v) is 10.8. The molecule has 0 saturated heterocycles. The van der Waals surface area contributed by atoms with Crippen LogP contribution in [0.1, 0.15) is 99.8 Å². The Morgan fingerprint density at radius 2 is 0.902 bits per heavy atom. The smallest absolute Gasteiger partial charge is 0.302 e. The van der Waals surface area contributed by atoms with Gasteiger partial charge in [-0.1, -0.05) is 111 Å². The first-order valence-electron chi connectivity index (χ1n) is 14.9. The number of carbonyl (C=O) groups is 2. The number of carbonyl (C=O) groups excluding carboxylic acids is 2. The number of hydrogen-bond donors (Lipinski definition) is 1. The number of aliphatic hydroxyl groups is 1. The van der Waals surface area contributed by atoms with Crippen LogP contribution in [0.25, 0.3) is 0 Å². The highest BCUT2D eigenvalue weighted by Gasteiger charge is 2.03. The second-order valence-electron chi connectivity index (χ2n) is 10.8. The van der Waals surface area contributed by atoms with E-state index in [1.165, 1.54) is 57.6 Å². The predicted molar refractivity (Wildman–Crippen MR) is 178 cm³/mol. The van der Waals surface area contributed by atoms with Crippen LogP contribution < -0.4 is 0 Å². The van der Waals surface area contributed by atoms with Gasteiger partial charge >= 0.3 is 5.97 Å². The molecule has 41 heavy (non-hydrogen) atoms. The predicted octanol–water partition coefficient (Wildman–Crippen LogP) is 10.0. The highest BCUT2D eigenvalue weighted by Crippen LogP contribution is 2.14. The maximum atomic E-state index is 10.5. The van der Waals surface area contributed by atoms with Crippen LogP contribution in [0.3, 0.4) is 0 Å². The molecule has 2 aromatic rings. The number of benzene rings is 2. The molecule has 2 atom stereocenters. The highest BCUT2D eigenvalue weighted by atomic mass is 16.5. The lowest BCUT2D eigenvalue weighted by atomic mass is 9.99. The van der Waals surface area contributed by atoms with Crippen molar-refractivity contribution in [1.29, 1.82) is 0 Å². The Morgan fingerprint density at radius 3 is 1.15 bits per heavy atom. The van der Waals surface area contributed by atoms with Crippen molar-refractivity contribution < 1.29 is 19.4 Å². The van der Waals surface area contributed by atoms with Crippen molar-refractivity contribution in [3.8, 4) is 0 Å². The molecule has 0 heterocycles. The molecule has 0 radical (unpaired) electrons. The first-order chi connectivity index (χ1) is 19.4. The number of esters is 1. The fourth-order valence-electron chi connectivity index (χ4n) is 3.19. The van der Waals surface area contributed by atoms with Gasteiger partial charge in [-0.15, -0.1) is 13.2 Å². The van der Waals surface area contributed by atoms with Gasteiger partial charge in [-0.3, -0.25) is 4.79 Å². The molecule has 1 N–H and O–H groups in total. The largest absolute Gasteiger partial charge is 0.466 e.